The van der Waals surface area contributed by atoms with Gasteiger partial charge in [0.2, 0.25) is 0 Å². The fourth-order valence-corrected chi connectivity index (χ4v) is 4.56. The van der Waals surface area contributed by atoms with Crippen molar-refractivity contribution < 1.29 is 19.4 Å². The van der Waals surface area contributed by atoms with Gasteiger partial charge >= 0.3 is 0 Å². The lowest BCUT2D eigenvalue weighted by molar-refractivity contribution is 0.0950. The molecule has 0 radical (unpaired) electrons. The molecule has 1 aliphatic rings. The highest BCUT2D eigenvalue weighted by atomic mass is 32.2. The summed E-state index contributed by atoms with van der Waals surface area (Å²) in [5, 5.41) is 6.60. The number of sulfone groups is 1. The van der Waals surface area contributed by atoms with Crippen molar-refractivity contribution in [3.05, 3.63) is 72.3 Å². The topological polar surface area (TPSA) is 139 Å². The lowest BCUT2D eigenvalue weighted by atomic mass is 10.2. The monoisotopic (exact) mass is 565 g/mol. The number of carbonyl (C=O) groups is 1. The van der Waals surface area contributed by atoms with Crippen molar-refractivity contribution in [2.45, 2.75) is 23.9 Å². The van der Waals surface area contributed by atoms with Gasteiger partial charge in [-0.2, -0.15) is 0 Å². The minimum Gasteiger partial charge on any atom is -0.380 e. The normalized spacial score (nSPS) is 15.0. The predicted octanol–water partition coefficient (Wildman–Crippen LogP) is 3.04. The number of pyridine rings is 4. The molecular weight excluding hydrogens is 530 g/mol. The number of ether oxygens (including phenoxy) is 1. The number of likely N-dealkylation sites (N-methyl/N-ethyl adjacent to an activating group) is 1. The Morgan fingerprint density at radius 2 is 1.90 bits per heavy atom. The number of nitrogens with one attached hydrogen (secondary N) is 2. The van der Waals surface area contributed by atoms with Crippen LogP contribution in [-0.2, 0) is 21.1 Å². The highest BCUT2D eigenvalue weighted by molar-refractivity contribution is 7.90. The molecule has 212 valence electrons. The molecule has 0 spiro atoms. The highest BCUT2D eigenvalue weighted by Gasteiger charge is 2.16. The van der Waals surface area contributed by atoms with Crippen LogP contribution in [0.5, 0.6) is 0 Å². The number of rotatable bonds is 7. The van der Waals surface area contributed by atoms with Crippen LogP contribution in [0.1, 0.15) is 23.9 Å². The number of aromatic nitrogens is 4. The summed E-state index contributed by atoms with van der Waals surface area (Å²) in [5.74, 6) is 0.302. The van der Waals surface area contributed by atoms with Crippen LogP contribution in [0, 0.1) is 0 Å². The zero-order valence-electron chi connectivity index (χ0n) is 23.0. The van der Waals surface area contributed by atoms with Gasteiger partial charge in [0.05, 0.1) is 46.2 Å². The molecule has 1 saturated heterocycles. The number of fused-ring (bicyclic) bond motifs is 1. The van der Waals surface area contributed by atoms with Crippen LogP contribution in [-0.4, -0.2) is 85.8 Å². The Labute approximate surface area is 235 Å². The number of amides is 1. The lowest BCUT2D eigenvalue weighted by Gasteiger charge is -2.15. The first-order valence-electron chi connectivity index (χ1n) is 12.7. The number of nitrogens with zero attached hydrogens (tertiary/aromatic N) is 5. The zero-order chi connectivity index (χ0) is 28.7. The van der Waals surface area contributed by atoms with Gasteiger partial charge in [-0.3, -0.25) is 14.8 Å². The molecule has 12 heteroatoms. The second-order valence-electron chi connectivity index (χ2n) is 9.57. The fraction of sp³-hybridized carbons (Fsp3) is 0.321. The number of hydrogen-bond donors (Lipinski definition) is 2. The third kappa shape index (κ3) is 7.56. The Morgan fingerprint density at radius 1 is 1.10 bits per heavy atom. The van der Waals surface area contributed by atoms with E-state index in [4.69, 9.17) is 4.74 Å². The zero-order valence-corrected chi connectivity index (χ0v) is 23.8. The van der Waals surface area contributed by atoms with E-state index in [-0.39, 0.29) is 18.4 Å². The van der Waals surface area contributed by atoms with E-state index in [1.807, 2.05) is 30.3 Å². The summed E-state index contributed by atoms with van der Waals surface area (Å²) in [6.07, 6.45) is 6.49. The van der Waals surface area contributed by atoms with Gasteiger partial charge in [0.1, 0.15) is 5.82 Å². The molecular formula is C28H35N7O4S. The SMILES string of the molecule is CN(C)[C@H]1CCOC1.CNc1cccc(-c2ccc3cnc(CNC(=O)c4cncc(S(C)(=O)=O)c4)cc3n2)n1.[HH]. The van der Waals surface area contributed by atoms with Crippen LogP contribution in [0.3, 0.4) is 0 Å². The standard InChI is InChI=1S/C22H20N6O3S.C6H13NO.H2/c1-23-21-5-3-4-18(28-21)19-7-6-14-11-25-16(9-20(14)27-19)12-26-22(29)15-8-17(13-24-10-15)32(2,30)31;1-7(2)6-3-4-8-5-6;/h3-11,13H,12H2,1-2H3,(H,23,28)(H,26,29);6H,3-5H2,1-2H3;1H/t;6-;/m.0./s1. The van der Waals surface area contributed by atoms with Crippen molar-refractivity contribution in [3.8, 4) is 11.4 Å². The van der Waals surface area contributed by atoms with E-state index < -0.39 is 15.7 Å². The van der Waals surface area contributed by atoms with E-state index in [1.54, 1.807) is 19.3 Å². The first-order chi connectivity index (χ1) is 19.1. The summed E-state index contributed by atoms with van der Waals surface area (Å²) in [5.41, 5.74) is 2.95. The lowest BCUT2D eigenvalue weighted by Crippen LogP contribution is -2.27. The van der Waals surface area contributed by atoms with Gasteiger partial charge in [-0.1, -0.05) is 6.07 Å². The maximum absolute atomic E-state index is 12.5. The van der Waals surface area contributed by atoms with Gasteiger partial charge in [-0.05, 0) is 56.9 Å². The molecule has 0 aliphatic carbocycles. The second kappa shape index (κ2) is 12.9. The molecule has 1 atom stereocenters. The molecule has 1 aliphatic heterocycles. The quantitative estimate of drug-likeness (QED) is 0.344. The van der Waals surface area contributed by atoms with Crippen LogP contribution in [0.4, 0.5) is 5.82 Å². The second-order valence-corrected chi connectivity index (χ2v) is 11.6. The Balaban J connectivity index is 0.000000444. The molecule has 0 unspecified atom stereocenters. The molecule has 4 aromatic heterocycles. The Bertz CT molecular complexity index is 1600. The van der Waals surface area contributed by atoms with Crippen molar-refractivity contribution in [1.29, 1.82) is 0 Å². The smallest absolute Gasteiger partial charge is 0.253 e. The molecule has 1 amide bonds. The summed E-state index contributed by atoms with van der Waals surface area (Å²) < 4.78 is 28.5. The third-order valence-corrected chi connectivity index (χ3v) is 7.45. The Kier molecular flexibility index (Phi) is 9.35. The van der Waals surface area contributed by atoms with E-state index in [2.05, 4.69) is 49.6 Å². The van der Waals surface area contributed by atoms with Crippen molar-refractivity contribution in [2.75, 3.05) is 45.9 Å². The van der Waals surface area contributed by atoms with Crippen LogP contribution in [0.15, 0.2) is 66.0 Å². The molecule has 2 N–H and O–H groups in total. The van der Waals surface area contributed by atoms with E-state index in [0.29, 0.717) is 11.7 Å². The molecule has 0 bridgehead atoms. The predicted molar refractivity (Wildman–Crippen MR) is 156 cm³/mol. The summed E-state index contributed by atoms with van der Waals surface area (Å²) in [7, 11) is 2.54. The molecule has 0 aromatic carbocycles. The number of anilines is 1. The van der Waals surface area contributed by atoms with Gasteiger partial charge < -0.3 is 20.3 Å². The maximum atomic E-state index is 12.5. The van der Waals surface area contributed by atoms with Gasteiger partial charge in [-0.15, -0.1) is 0 Å². The number of carbonyl (C=O) groups excluding carboxylic acids is 1. The van der Waals surface area contributed by atoms with E-state index in [0.717, 1.165) is 47.6 Å². The largest absolute Gasteiger partial charge is 0.380 e. The van der Waals surface area contributed by atoms with Crippen LogP contribution < -0.4 is 10.6 Å². The van der Waals surface area contributed by atoms with Gasteiger partial charge in [0.15, 0.2) is 9.84 Å². The van der Waals surface area contributed by atoms with E-state index in [9.17, 15) is 13.2 Å². The molecule has 5 rings (SSSR count). The van der Waals surface area contributed by atoms with Crippen LogP contribution in [0.2, 0.25) is 0 Å². The third-order valence-electron chi connectivity index (χ3n) is 6.37. The first-order valence-corrected chi connectivity index (χ1v) is 14.6. The van der Waals surface area contributed by atoms with Gasteiger partial charge in [-0.25, -0.2) is 18.4 Å². The van der Waals surface area contributed by atoms with Crippen molar-refractivity contribution >= 4 is 32.5 Å². The van der Waals surface area contributed by atoms with Crippen molar-refractivity contribution in [1.82, 2.24) is 30.2 Å². The minimum absolute atomic E-state index is 0. The molecule has 1 fully saturated rings. The molecule has 0 saturated carbocycles. The van der Waals surface area contributed by atoms with Crippen molar-refractivity contribution in [3.63, 3.8) is 0 Å². The summed E-state index contributed by atoms with van der Waals surface area (Å²) in [4.78, 5) is 32.1. The van der Waals surface area contributed by atoms with Gasteiger partial charge in [0, 0.05) is 51.4 Å². The average Bonchev–Trinajstić information content (AvgIpc) is 3.51. The molecule has 11 nitrogen and oxygen atoms in total. The Hall–Kier alpha value is -4.00. The maximum Gasteiger partial charge on any atom is 0.253 e. The average molecular weight is 566 g/mol. The van der Waals surface area contributed by atoms with Gasteiger partial charge in [0.25, 0.3) is 5.91 Å². The summed E-state index contributed by atoms with van der Waals surface area (Å²) in [6, 6.07) is 13.2. The number of hydrogen-bond acceptors (Lipinski definition) is 10. The van der Waals surface area contributed by atoms with Crippen LogP contribution in [0.25, 0.3) is 22.3 Å². The fourth-order valence-electron chi connectivity index (χ4n) is 3.96. The molecule has 4 aromatic rings. The van der Waals surface area contributed by atoms with Crippen molar-refractivity contribution in [2.24, 2.45) is 0 Å². The highest BCUT2D eigenvalue weighted by Crippen LogP contribution is 2.21. The summed E-state index contributed by atoms with van der Waals surface area (Å²) >= 11 is 0. The Morgan fingerprint density at radius 3 is 2.58 bits per heavy atom. The molecule has 5 heterocycles. The van der Waals surface area contributed by atoms with E-state index >= 15 is 0 Å². The minimum atomic E-state index is -3.45. The van der Waals surface area contributed by atoms with Crippen LogP contribution >= 0.6 is 0 Å². The molecule has 40 heavy (non-hydrogen) atoms. The first kappa shape index (κ1) is 29.0. The van der Waals surface area contributed by atoms with E-state index in [1.165, 1.54) is 24.9 Å². The summed E-state index contributed by atoms with van der Waals surface area (Å²) in [6.45, 7) is 2.02.